The van der Waals surface area contributed by atoms with Gasteiger partial charge in [-0.05, 0) is 55.3 Å². The average molecular weight is 413 g/mol. The van der Waals surface area contributed by atoms with Gasteiger partial charge in [0, 0.05) is 48.7 Å². The van der Waals surface area contributed by atoms with Crippen LogP contribution in [0.4, 0.5) is 5.69 Å². The summed E-state index contributed by atoms with van der Waals surface area (Å²) in [5.74, 6) is 2.70. The van der Waals surface area contributed by atoms with Crippen molar-refractivity contribution in [2.45, 2.75) is 23.5 Å². The van der Waals surface area contributed by atoms with Crippen LogP contribution in [0, 0.1) is 5.92 Å². The molecule has 0 saturated carbocycles. The number of thioether (sulfide) groups is 1. The van der Waals surface area contributed by atoms with Gasteiger partial charge in [-0.2, -0.15) is 0 Å². The lowest BCUT2D eigenvalue weighted by Gasteiger charge is -2.20. The van der Waals surface area contributed by atoms with Gasteiger partial charge in [0.25, 0.3) is 0 Å². The molecule has 0 radical (unpaired) electrons. The smallest absolute Gasteiger partial charge is 0.185 e. The summed E-state index contributed by atoms with van der Waals surface area (Å²) in [5.41, 5.74) is 2.29. The van der Waals surface area contributed by atoms with Crippen molar-refractivity contribution in [2.75, 3.05) is 32.3 Å². The van der Waals surface area contributed by atoms with Gasteiger partial charge in [0.05, 0.1) is 7.11 Å². The molecule has 154 valence electrons. The van der Waals surface area contributed by atoms with Crippen LogP contribution >= 0.6 is 11.8 Å². The van der Waals surface area contributed by atoms with E-state index in [2.05, 4.69) is 42.1 Å². The van der Waals surface area contributed by atoms with Crippen LogP contribution < -0.4 is 9.74 Å². The van der Waals surface area contributed by atoms with Crippen LogP contribution in [0.15, 0.2) is 71.0 Å². The first kappa shape index (κ1) is 21.3. The molecule has 0 atom stereocenters. The Morgan fingerprint density at radius 3 is 2.72 bits per heavy atom. The van der Waals surface area contributed by atoms with E-state index >= 15 is 0 Å². The van der Waals surface area contributed by atoms with Crippen molar-refractivity contribution >= 4 is 23.7 Å². The maximum atomic E-state index is 5.57. The van der Waals surface area contributed by atoms with Crippen LogP contribution in [0.5, 0.6) is 5.75 Å². The Morgan fingerprint density at radius 1 is 1.24 bits per heavy atom. The highest BCUT2D eigenvalue weighted by molar-refractivity contribution is 7.98. The second-order valence-electron chi connectivity index (χ2n) is 6.88. The molecule has 5 nitrogen and oxygen atoms in total. The summed E-state index contributed by atoms with van der Waals surface area (Å²) in [6, 6.07) is 16.4. The second-order valence-corrected chi connectivity index (χ2v) is 7.93. The van der Waals surface area contributed by atoms with Gasteiger partial charge >= 0.3 is 0 Å². The van der Waals surface area contributed by atoms with Crippen molar-refractivity contribution < 1.29 is 14.3 Å². The van der Waals surface area contributed by atoms with E-state index < -0.39 is 0 Å². The minimum absolute atomic E-state index is 0.449. The molecule has 0 unspecified atom stereocenters. The number of oxime groups is 1. The molecular weight excluding hydrogens is 384 g/mol. The number of methoxy groups -OCH3 is 1. The molecule has 0 spiro atoms. The van der Waals surface area contributed by atoms with Crippen LogP contribution in [0.3, 0.4) is 0 Å². The molecule has 3 rings (SSSR count). The Morgan fingerprint density at radius 2 is 2.00 bits per heavy atom. The van der Waals surface area contributed by atoms with E-state index in [-0.39, 0.29) is 0 Å². The number of rotatable bonds is 9. The zero-order valence-electron chi connectivity index (χ0n) is 17.0. The molecule has 0 amide bonds. The molecule has 0 N–H and O–H groups in total. The number of hydrogen-bond acceptors (Lipinski definition) is 6. The van der Waals surface area contributed by atoms with E-state index in [0.717, 1.165) is 48.1 Å². The lowest BCUT2D eigenvalue weighted by Crippen LogP contribution is -2.16. The third-order valence-corrected chi connectivity index (χ3v) is 5.91. The van der Waals surface area contributed by atoms with Crippen LogP contribution in [0.25, 0.3) is 0 Å². The fourth-order valence-corrected chi connectivity index (χ4v) is 3.83. The van der Waals surface area contributed by atoms with Gasteiger partial charge in [-0.3, -0.25) is 0 Å². The predicted molar refractivity (Wildman–Crippen MR) is 120 cm³/mol. The molecule has 2 aromatic rings. The van der Waals surface area contributed by atoms with E-state index in [4.69, 9.17) is 14.3 Å². The lowest BCUT2D eigenvalue weighted by atomic mass is 10.0. The Hall–Kier alpha value is -2.44. The third-order valence-electron chi connectivity index (χ3n) is 4.84. The summed E-state index contributed by atoms with van der Waals surface area (Å²) in [5, 5.41) is 4.16. The standard InChI is InChI=1S/C23H28N2O3S/c1-18(26-3)25(2)21-9-7-20(8-10-21)17-29-23-6-4-5-22(15-23)28-24-16-19-11-13-27-14-12-19/h4-10,15-16,19H,1,11-14,17H2,2-3H3/b24-16-. The Kier molecular flexibility index (Phi) is 8.02. The maximum absolute atomic E-state index is 5.57. The summed E-state index contributed by atoms with van der Waals surface area (Å²) in [7, 11) is 3.56. The van der Waals surface area contributed by atoms with Gasteiger partial charge in [-0.15, -0.1) is 11.8 Å². The first-order chi connectivity index (χ1) is 14.2. The van der Waals surface area contributed by atoms with Crippen molar-refractivity contribution in [3.05, 3.63) is 66.6 Å². The molecule has 29 heavy (non-hydrogen) atoms. The molecule has 1 aliphatic heterocycles. The topological polar surface area (TPSA) is 43.3 Å². The summed E-state index contributed by atoms with van der Waals surface area (Å²) >= 11 is 1.77. The number of ether oxygens (including phenoxy) is 2. The minimum atomic E-state index is 0.449. The van der Waals surface area contributed by atoms with Crippen LogP contribution in [-0.4, -0.2) is 33.6 Å². The minimum Gasteiger partial charge on any atom is -0.483 e. The SMILES string of the molecule is C=C(OC)N(C)c1ccc(CSc2cccc(O/N=C\C3CCOCC3)c2)cc1. The van der Waals surface area contributed by atoms with Crippen LogP contribution in [0.1, 0.15) is 18.4 Å². The van der Waals surface area contributed by atoms with E-state index in [1.54, 1.807) is 18.9 Å². The first-order valence-corrected chi connectivity index (χ1v) is 10.7. The van der Waals surface area contributed by atoms with Gasteiger partial charge < -0.3 is 19.2 Å². The molecule has 2 aromatic carbocycles. The van der Waals surface area contributed by atoms with Crippen LogP contribution in [-0.2, 0) is 15.2 Å². The van der Waals surface area contributed by atoms with Gasteiger partial charge in [-0.25, -0.2) is 0 Å². The molecule has 0 bridgehead atoms. The molecule has 0 aliphatic carbocycles. The van der Waals surface area contributed by atoms with Crippen molar-refractivity contribution in [3.63, 3.8) is 0 Å². The van der Waals surface area contributed by atoms with Crippen LogP contribution in [0.2, 0.25) is 0 Å². The third kappa shape index (κ3) is 6.54. The van der Waals surface area contributed by atoms with Gasteiger partial charge in [-0.1, -0.05) is 23.4 Å². The van der Waals surface area contributed by atoms with Gasteiger partial charge in [0.15, 0.2) is 11.6 Å². The van der Waals surface area contributed by atoms with Crippen molar-refractivity contribution in [1.29, 1.82) is 0 Å². The fourth-order valence-electron chi connectivity index (χ4n) is 2.93. The molecule has 0 aromatic heterocycles. The predicted octanol–water partition coefficient (Wildman–Crippen LogP) is 5.32. The lowest BCUT2D eigenvalue weighted by molar-refractivity contribution is 0.0833. The Balaban J connectivity index is 1.51. The maximum Gasteiger partial charge on any atom is 0.185 e. The van der Waals surface area contributed by atoms with Crippen molar-refractivity contribution in [2.24, 2.45) is 11.1 Å². The summed E-state index contributed by atoms with van der Waals surface area (Å²) in [6.45, 7) is 5.49. The highest BCUT2D eigenvalue weighted by Gasteiger charge is 2.11. The summed E-state index contributed by atoms with van der Waals surface area (Å²) in [6.07, 6.45) is 3.92. The van der Waals surface area contributed by atoms with E-state index in [1.165, 1.54) is 5.56 Å². The quantitative estimate of drug-likeness (QED) is 0.241. The Bertz CT molecular complexity index is 817. The van der Waals surface area contributed by atoms with Crippen molar-refractivity contribution in [3.8, 4) is 5.75 Å². The zero-order valence-corrected chi connectivity index (χ0v) is 17.9. The molecule has 1 heterocycles. The molecular formula is C23H28N2O3S. The van der Waals surface area contributed by atoms with E-state index in [0.29, 0.717) is 11.8 Å². The monoisotopic (exact) mass is 412 g/mol. The highest BCUT2D eigenvalue weighted by atomic mass is 32.2. The van der Waals surface area contributed by atoms with Crippen molar-refractivity contribution in [1.82, 2.24) is 0 Å². The number of anilines is 1. The van der Waals surface area contributed by atoms with Gasteiger partial charge in [0.2, 0.25) is 0 Å². The van der Waals surface area contributed by atoms with E-state index in [1.807, 2.05) is 36.4 Å². The van der Waals surface area contributed by atoms with Gasteiger partial charge in [0.1, 0.15) is 0 Å². The average Bonchev–Trinajstić information content (AvgIpc) is 2.78. The normalized spacial score (nSPS) is 14.7. The number of nitrogens with zero attached hydrogens (tertiary/aromatic N) is 2. The molecule has 1 fully saturated rings. The zero-order chi connectivity index (χ0) is 20.5. The number of hydrogen-bond donors (Lipinski definition) is 0. The Labute approximate surface area is 177 Å². The fraction of sp³-hybridized carbons (Fsp3) is 0.348. The molecule has 6 heteroatoms. The summed E-state index contributed by atoms with van der Waals surface area (Å²) in [4.78, 5) is 8.63. The highest BCUT2D eigenvalue weighted by Crippen LogP contribution is 2.27. The number of benzene rings is 2. The molecule has 1 saturated heterocycles. The van der Waals surface area contributed by atoms with E-state index in [9.17, 15) is 0 Å². The first-order valence-electron chi connectivity index (χ1n) is 9.72. The second kappa shape index (κ2) is 10.9. The molecule has 1 aliphatic rings. The summed E-state index contributed by atoms with van der Waals surface area (Å²) < 4.78 is 10.5. The largest absolute Gasteiger partial charge is 0.483 e.